The number of methoxy groups -OCH3 is 2. The molecule has 132 valence electrons. The molecule has 1 aromatic carbocycles. The van der Waals surface area contributed by atoms with Gasteiger partial charge in [0.1, 0.15) is 0 Å². The van der Waals surface area contributed by atoms with E-state index in [1.54, 1.807) is 32.4 Å². The van der Waals surface area contributed by atoms with Gasteiger partial charge in [0, 0.05) is 18.2 Å². The maximum Gasteiger partial charge on any atom is 0.251 e. The highest BCUT2D eigenvalue weighted by Gasteiger charge is 2.37. The number of piperidine rings is 1. The number of benzene rings is 1. The topological polar surface area (TPSA) is 50.8 Å². The van der Waals surface area contributed by atoms with Crippen molar-refractivity contribution in [1.82, 2.24) is 10.2 Å². The number of amides is 1. The first kappa shape index (κ1) is 17.1. The van der Waals surface area contributed by atoms with Crippen LogP contribution in [-0.4, -0.2) is 51.2 Å². The van der Waals surface area contributed by atoms with Crippen LogP contribution in [-0.2, 0) is 0 Å². The molecule has 3 rings (SSSR count). The lowest BCUT2D eigenvalue weighted by Gasteiger charge is -2.44. The third kappa shape index (κ3) is 3.51. The fourth-order valence-electron chi connectivity index (χ4n) is 4.24. The smallest absolute Gasteiger partial charge is 0.251 e. The molecule has 1 aliphatic heterocycles. The highest BCUT2D eigenvalue weighted by atomic mass is 16.5. The number of likely N-dealkylation sites (tertiary alicyclic amines) is 1. The van der Waals surface area contributed by atoms with Crippen molar-refractivity contribution in [2.24, 2.45) is 11.8 Å². The van der Waals surface area contributed by atoms with E-state index in [-0.39, 0.29) is 11.9 Å². The fourth-order valence-corrected chi connectivity index (χ4v) is 4.24. The second kappa shape index (κ2) is 7.43. The Morgan fingerprint density at radius 3 is 2.71 bits per heavy atom. The van der Waals surface area contributed by atoms with E-state index in [4.69, 9.17) is 9.47 Å². The summed E-state index contributed by atoms with van der Waals surface area (Å²) in [5.41, 5.74) is 0.624. The molecule has 1 aliphatic carbocycles. The lowest BCUT2D eigenvalue weighted by atomic mass is 9.72. The van der Waals surface area contributed by atoms with Gasteiger partial charge in [0.2, 0.25) is 0 Å². The number of nitrogens with zero attached hydrogens (tertiary/aromatic N) is 1. The molecule has 0 spiro atoms. The van der Waals surface area contributed by atoms with Gasteiger partial charge in [0.25, 0.3) is 5.91 Å². The van der Waals surface area contributed by atoms with E-state index in [9.17, 15) is 4.79 Å². The Bertz CT molecular complexity index is 590. The van der Waals surface area contributed by atoms with Gasteiger partial charge < -0.3 is 19.7 Å². The van der Waals surface area contributed by atoms with E-state index in [2.05, 4.69) is 17.3 Å². The molecule has 1 heterocycles. The Labute approximate surface area is 144 Å². The predicted molar refractivity (Wildman–Crippen MR) is 93.7 cm³/mol. The molecular weight excluding hydrogens is 304 g/mol. The van der Waals surface area contributed by atoms with Crippen LogP contribution in [0.25, 0.3) is 0 Å². The van der Waals surface area contributed by atoms with Crippen molar-refractivity contribution >= 4 is 5.91 Å². The molecule has 2 aliphatic rings. The Kier molecular flexibility index (Phi) is 5.29. The quantitative estimate of drug-likeness (QED) is 0.921. The highest BCUT2D eigenvalue weighted by molar-refractivity contribution is 5.95. The summed E-state index contributed by atoms with van der Waals surface area (Å²) in [5.74, 6) is 2.53. The van der Waals surface area contributed by atoms with E-state index in [0.29, 0.717) is 23.0 Å². The second-order valence-electron chi connectivity index (χ2n) is 7.06. The van der Waals surface area contributed by atoms with Crippen LogP contribution in [0.4, 0.5) is 0 Å². The Balaban J connectivity index is 1.71. The molecule has 24 heavy (non-hydrogen) atoms. The van der Waals surface area contributed by atoms with E-state index in [1.165, 1.54) is 25.8 Å². The lowest BCUT2D eigenvalue weighted by Crippen LogP contribution is -2.52. The van der Waals surface area contributed by atoms with Gasteiger partial charge in [-0.25, -0.2) is 0 Å². The standard InChI is InChI=1S/C19H28N2O3/c1-21-10-9-13-5-4-6-16(15(13)12-21)20-19(22)14-7-8-17(23-2)18(11-14)24-3/h7-8,11,13,15-16H,4-6,9-10,12H2,1-3H3,(H,20,22)/t13-,15-,16?/m1/s1. The number of hydrogen-bond donors (Lipinski definition) is 1. The molecule has 2 fully saturated rings. The molecule has 1 saturated carbocycles. The van der Waals surface area contributed by atoms with Crippen molar-refractivity contribution in [2.45, 2.75) is 31.7 Å². The molecule has 1 unspecified atom stereocenters. The summed E-state index contributed by atoms with van der Waals surface area (Å²) in [6, 6.07) is 5.60. The summed E-state index contributed by atoms with van der Waals surface area (Å²) in [4.78, 5) is 15.1. The summed E-state index contributed by atoms with van der Waals surface area (Å²) in [7, 11) is 5.36. The fraction of sp³-hybridized carbons (Fsp3) is 0.632. The number of rotatable bonds is 4. The number of ether oxygens (including phenoxy) is 2. The number of hydrogen-bond acceptors (Lipinski definition) is 4. The summed E-state index contributed by atoms with van der Waals surface area (Å²) >= 11 is 0. The minimum Gasteiger partial charge on any atom is -0.493 e. The van der Waals surface area contributed by atoms with Crippen LogP contribution in [0, 0.1) is 11.8 Å². The van der Waals surface area contributed by atoms with Crippen LogP contribution in [0.15, 0.2) is 18.2 Å². The normalized spacial score (nSPS) is 27.2. The first-order valence-electron chi connectivity index (χ1n) is 8.83. The van der Waals surface area contributed by atoms with E-state index in [0.717, 1.165) is 18.9 Å². The molecule has 1 amide bonds. The van der Waals surface area contributed by atoms with Crippen molar-refractivity contribution < 1.29 is 14.3 Å². The van der Waals surface area contributed by atoms with Gasteiger partial charge >= 0.3 is 0 Å². The SMILES string of the molecule is COc1ccc(C(=O)NC2CCC[C@@H]3CCN(C)C[C@@H]23)cc1OC. The predicted octanol–water partition coefficient (Wildman–Crippen LogP) is 2.55. The van der Waals surface area contributed by atoms with Gasteiger partial charge in [0.15, 0.2) is 11.5 Å². The van der Waals surface area contributed by atoms with E-state index >= 15 is 0 Å². The van der Waals surface area contributed by atoms with Gasteiger partial charge in [-0.2, -0.15) is 0 Å². The summed E-state index contributed by atoms with van der Waals surface area (Å²) in [6.45, 7) is 2.26. The van der Waals surface area contributed by atoms with Gasteiger partial charge in [-0.15, -0.1) is 0 Å². The molecule has 0 radical (unpaired) electrons. The summed E-state index contributed by atoms with van der Waals surface area (Å²) in [6.07, 6.45) is 4.85. The lowest BCUT2D eigenvalue weighted by molar-refractivity contribution is 0.0650. The van der Waals surface area contributed by atoms with Crippen molar-refractivity contribution in [3.05, 3.63) is 23.8 Å². The van der Waals surface area contributed by atoms with E-state index in [1.807, 2.05) is 0 Å². The van der Waals surface area contributed by atoms with Crippen LogP contribution >= 0.6 is 0 Å². The van der Waals surface area contributed by atoms with Gasteiger partial charge in [-0.1, -0.05) is 6.42 Å². The van der Waals surface area contributed by atoms with Crippen LogP contribution in [0.3, 0.4) is 0 Å². The number of carbonyl (C=O) groups is 1. The summed E-state index contributed by atoms with van der Waals surface area (Å²) in [5, 5.41) is 3.28. The van der Waals surface area contributed by atoms with Crippen molar-refractivity contribution in [1.29, 1.82) is 0 Å². The molecule has 3 atom stereocenters. The molecule has 0 bridgehead atoms. The van der Waals surface area contributed by atoms with Crippen LogP contribution in [0.2, 0.25) is 0 Å². The number of nitrogens with one attached hydrogen (secondary N) is 1. The number of carbonyl (C=O) groups excluding carboxylic acids is 1. The maximum atomic E-state index is 12.7. The first-order chi connectivity index (χ1) is 11.6. The van der Waals surface area contributed by atoms with Crippen LogP contribution < -0.4 is 14.8 Å². The monoisotopic (exact) mass is 332 g/mol. The van der Waals surface area contributed by atoms with E-state index < -0.39 is 0 Å². The average molecular weight is 332 g/mol. The molecule has 1 aromatic rings. The summed E-state index contributed by atoms with van der Waals surface area (Å²) < 4.78 is 10.5. The molecular formula is C19H28N2O3. The second-order valence-corrected chi connectivity index (χ2v) is 7.06. The van der Waals surface area contributed by atoms with Crippen molar-refractivity contribution in [3.8, 4) is 11.5 Å². The third-order valence-corrected chi connectivity index (χ3v) is 5.58. The first-order valence-corrected chi connectivity index (χ1v) is 8.83. The van der Waals surface area contributed by atoms with Gasteiger partial charge in [-0.3, -0.25) is 4.79 Å². The van der Waals surface area contributed by atoms with Crippen LogP contribution in [0.5, 0.6) is 11.5 Å². The zero-order chi connectivity index (χ0) is 17.1. The largest absolute Gasteiger partial charge is 0.493 e. The minimum absolute atomic E-state index is 0.0187. The zero-order valence-corrected chi connectivity index (χ0v) is 14.9. The highest BCUT2D eigenvalue weighted by Crippen LogP contribution is 2.36. The number of fused-ring (bicyclic) bond motifs is 1. The zero-order valence-electron chi connectivity index (χ0n) is 14.9. The van der Waals surface area contributed by atoms with Crippen LogP contribution in [0.1, 0.15) is 36.0 Å². The van der Waals surface area contributed by atoms with Gasteiger partial charge in [0.05, 0.1) is 14.2 Å². The average Bonchev–Trinajstić information content (AvgIpc) is 2.61. The third-order valence-electron chi connectivity index (χ3n) is 5.58. The van der Waals surface area contributed by atoms with Crippen molar-refractivity contribution in [3.63, 3.8) is 0 Å². The van der Waals surface area contributed by atoms with Crippen molar-refractivity contribution in [2.75, 3.05) is 34.4 Å². The molecule has 0 aromatic heterocycles. The Hall–Kier alpha value is -1.75. The Morgan fingerprint density at radius 2 is 1.96 bits per heavy atom. The molecule has 1 N–H and O–H groups in total. The molecule has 5 nitrogen and oxygen atoms in total. The maximum absolute atomic E-state index is 12.7. The Morgan fingerprint density at radius 1 is 1.17 bits per heavy atom. The minimum atomic E-state index is -0.0187. The molecule has 1 saturated heterocycles. The molecule has 5 heteroatoms. The van der Waals surface area contributed by atoms with Gasteiger partial charge in [-0.05, 0) is 62.9 Å².